The number of aliphatic hydroxyl groups excluding tert-OH is 4. The van der Waals surface area contributed by atoms with E-state index in [1.165, 1.54) is 6.92 Å². The normalized spacial score (nSPS) is 36.0. The Hall–Kier alpha value is -1.34. The van der Waals surface area contributed by atoms with Gasteiger partial charge < -0.3 is 46.1 Å². The molecule has 11 heteroatoms. The second-order valence-corrected chi connectivity index (χ2v) is 5.60. The van der Waals surface area contributed by atoms with Gasteiger partial charge in [-0.3, -0.25) is 4.79 Å². The molecule has 1 fully saturated rings. The molecule has 0 aromatic rings. The van der Waals surface area contributed by atoms with Crippen LogP contribution < -0.4 is 11.1 Å². The first-order chi connectivity index (χ1) is 11.0. The van der Waals surface area contributed by atoms with E-state index in [-0.39, 0.29) is 6.61 Å². The van der Waals surface area contributed by atoms with Crippen LogP contribution in [-0.2, 0) is 19.1 Å². The summed E-state index contributed by atoms with van der Waals surface area (Å²) in [6, 6.07) is 0. The molecule has 1 aliphatic rings. The Bertz CT molecular complexity index is 476. The van der Waals surface area contributed by atoms with Gasteiger partial charge in [0.05, 0.1) is 12.7 Å². The average Bonchev–Trinajstić information content (AvgIpc) is 2.48. The second-order valence-electron chi connectivity index (χ2n) is 5.60. The fourth-order valence-electron chi connectivity index (χ4n) is 2.61. The van der Waals surface area contributed by atoms with Crippen molar-refractivity contribution >= 4 is 11.9 Å². The maximum atomic E-state index is 11.6. The van der Waals surface area contributed by atoms with E-state index in [9.17, 15) is 30.0 Å². The van der Waals surface area contributed by atoms with Gasteiger partial charge in [-0.2, -0.15) is 0 Å². The fraction of sp³-hybridized carbons (Fsp3) is 0.846. The van der Waals surface area contributed by atoms with Crippen molar-refractivity contribution < 1.29 is 44.6 Å². The van der Waals surface area contributed by atoms with Gasteiger partial charge in [-0.05, 0) is 6.92 Å². The molecule has 1 heterocycles. The van der Waals surface area contributed by atoms with Crippen LogP contribution in [0, 0.1) is 0 Å². The highest BCUT2D eigenvalue weighted by Crippen LogP contribution is 2.36. The molecule has 1 aliphatic heterocycles. The Morgan fingerprint density at radius 3 is 2.46 bits per heavy atom. The summed E-state index contributed by atoms with van der Waals surface area (Å²) in [5, 5.41) is 50.8. The number of carbonyl (C=O) groups is 2. The molecule has 1 rings (SSSR count). The van der Waals surface area contributed by atoms with Crippen LogP contribution in [0.1, 0.15) is 20.3 Å². The number of rotatable bonds is 7. The molecular formula is C13H24N2O9. The highest BCUT2D eigenvalue weighted by molar-refractivity contribution is 5.77. The Labute approximate surface area is 138 Å². The number of carboxylic acids is 1. The zero-order chi connectivity index (χ0) is 18.7. The van der Waals surface area contributed by atoms with Crippen molar-refractivity contribution in [1.29, 1.82) is 0 Å². The maximum absolute atomic E-state index is 11.6. The van der Waals surface area contributed by atoms with Crippen LogP contribution in [0.25, 0.3) is 0 Å². The molecule has 0 aromatic carbocycles. The van der Waals surface area contributed by atoms with Gasteiger partial charge in [0.1, 0.15) is 24.0 Å². The van der Waals surface area contributed by atoms with Crippen LogP contribution in [0.15, 0.2) is 0 Å². The standard InChI is InChI=1S/C13H24N2O9/c1-3-23-12(11(21)22)4-8(19)13(14,15-6(2)17)10(24-12)9(20)7(18)5-16/h7-10,16,18-20H,3-5,14H2,1-2H3,(H,15,17)(H,21,22)/t7?,8-,9?,10-,12?,13-/m0/s1. The number of amides is 1. The van der Waals surface area contributed by atoms with Crippen LogP contribution in [0.4, 0.5) is 0 Å². The predicted molar refractivity (Wildman–Crippen MR) is 77.3 cm³/mol. The minimum atomic E-state index is -2.34. The topological polar surface area (TPSA) is 192 Å². The van der Waals surface area contributed by atoms with E-state index >= 15 is 0 Å². The Morgan fingerprint density at radius 1 is 1.46 bits per heavy atom. The predicted octanol–water partition coefficient (Wildman–Crippen LogP) is -3.54. The first-order valence-corrected chi connectivity index (χ1v) is 7.32. The Morgan fingerprint density at radius 2 is 2.04 bits per heavy atom. The van der Waals surface area contributed by atoms with Crippen LogP contribution in [0.5, 0.6) is 0 Å². The average molecular weight is 352 g/mol. The molecule has 6 atom stereocenters. The van der Waals surface area contributed by atoms with Crippen molar-refractivity contribution in [3.05, 3.63) is 0 Å². The van der Waals surface area contributed by atoms with Crippen molar-refractivity contribution in [2.75, 3.05) is 13.2 Å². The lowest BCUT2D eigenvalue weighted by atomic mass is 9.83. The number of aliphatic hydroxyl groups is 4. The van der Waals surface area contributed by atoms with Crippen molar-refractivity contribution in [2.45, 2.75) is 56.1 Å². The zero-order valence-electron chi connectivity index (χ0n) is 13.4. The number of aliphatic carboxylic acids is 1. The molecule has 11 nitrogen and oxygen atoms in total. The first kappa shape index (κ1) is 20.7. The van der Waals surface area contributed by atoms with Gasteiger partial charge in [0.25, 0.3) is 5.79 Å². The van der Waals surface area contributed by atoms with E-state index in [0.717, 1.165) is 6.92 Å². The van der Waals surface area contributed by atoms with E-state index in [4.69, 9.17) is 20.3 Å². The van der Waals surface area contributed by atoms with E-state index in [1.54, 1.807) is 0 Å². The largest absolute Gasteiger partial charge is 0.477 e. The van der Waals surface area contributed by atoms with Gasteiger partial charge in [-0.25, -0.2) is 4.79 Å². The van der Waals surface area contributed by atoms with Crippen LogP contribution in [0.2, 0.25) is 0 Å². The van der Waals surface area contributed by atoms with E-state index in [2.05, 4.69) is 5.32 Å². The minimum Gasteiger partial charge on any atom is -0.477 e. The lowest BCUT2D eigenvalue weighted by Gasteiger charge is -2.51. The summed E-state index contributed by atoms with van der Waals surface area (Å²) in [6.45, 7) is 1.60. The summed E-state index contributed by atoms with van der Waals surface area (Å²) in [6.07, 6.45) is -7.78. The molecule has 1 amide bonds. The zero-order valence-corrected chi connectivity index (χ0v) is 13.4. The number of ether oxygens (including phenoxy) is 2. The number of carboxylic acid groups (broad SMARTS) is 1. The highest BCUT2D eigenvalue weighted by Gasteiger charge is 2.61. The molecule has 140 valence electrons. The second kappa shape index (κ2) is 7.70. The smallest absolute Gasteiger partial charge is 0.364 e. The SMILES string of the molecule is CCOC1(C(=O)O)C[C@H](O)[C@](N)(NC(C)=O)[C@H](C(O)C(O)CO)O1. The third kappa shape index (κ3) is 3.83. The molecule has 8 N–H and O–H groups in total. The van der Waals surface area contributed by atoms with E-state index in [0.29, 0.717) is 0 Å². The van der Waals surface area contributed by atoms with Crippen molar-refractivity contribution in [1.82, 2.24) is 5.32 Å². The molecule has 1 saturated heterocycles. The molecule has 0 bridgehead atoms. The third-order valence-corrected chi connectivity index (χ3v) is 3.79. The van der Waals surface area contributed by atoms with Crippen LogP contribution in [0.3, 0.4) is 0 Å². The van der Waals surface area contributed by atoms with Crippen molar-refractivity contribution in [3.8, 4) is 0 Å². The molecule has 0 spiro atoms. The monoisotopic (exact) mass is 352 g/mol. The highest BCUT2D eigenvalue weighted by atomic mass is 16.7. The third-order valence-electron chi connectivity index (χ3n) is 3.79. The van der Waals surface area contributed by atoms with Gasteiger partial charge in [-0.15, -0.1) is 0 Å². The number of nitrogens with two attached hydrogens (primary N) is 1. The first-order valence-electron chi connectivity index (χ1n) is 7.32. The van der Waals surface area contributed by atoms with Gasteiger partial charge in [-0.1, -0.05) is 0 Å². The Kier molecular flexibility index (Phi) is 6.64. The van der Waals surface area contributed by atoms with E-state index < -0.39 is 60.8 Å². The maximum Gasteiger partial charge on any atom is 0.364 e. The quantitative estimate of drug-likeness (QED) is 0.226. The molecule has 0 saturated carbocycles. The van der Waals surface area contributed by atoms with Crippen molar-refractivity contribution in [3.63, 3.8) is 0 Å². The van der Waals surface area contributed by atoms with Gasteiger partial charge >= 0.3 is 5.97 Å². The summed E-state index contributed by atoms with van der Waals surface area (Å²) in [4.78, 5) is 23.0. The lowest BCUT2D eigenvalue weighted by molar-refractivity contribution is -0.324. The summed E-state index contributed by atoms with van der Waals surface area (Å²) in [7, 11) is 0. The van der Waals surface area contributed by atoms with Gasteiger partial charge in [0.2, 0.25) is 5.91 Å². The molecule has 24 heavy (non-hydrogen) atoms. The summed E-state index contributed by atoms with van der Waals surface area (Å²) < 4.78 is 10.4. The number of carbonyl (C=O) groups excluding carboxylic acids is 1. The molecular weight excluding hydrogens is 328 g/mol. The molecule has 0 aliphatic carbocycles. The Balaban J connectivity index is 3.33. The van der Waals surface area contributed by atoms with Gasteiger partial charge in [0.15, 0.2) is 0 Å². The lowest BCUT2D eigenvalue weighted by Crippen LogP contribution is -2.79. The van der Waals surface area contributed by atoms with E-state index in [1.807, 2.05) is 0 Å². The molecule has 0 aromatic heterocycles. The molecule has 3 unspecified atom stereocenters. The summed E-state index contributed by atoms with van der Waals surface area (Å²) >= 11 is 0. The summed E-state index contributed by atoms with van der Waals surface area (Å²) in [5.74, 6) is -4.60. The molecule has 0 radical (unpaired) electrons. The number of nitrogens with one attached hydrogen (secondary N) is 1. The minimum absolute atomic E-state index is 0.0951. The summed E-state index contributed by atoms with van der Waals surface area (Å²) in [5.41, 5.74) is 3.84. The number of hydrogen-bond donors (Lipinski definition) is 7. The van der Waals surface area contributed by atoms with Crippen molar-refractivity contribution in [2.24, 2.45) is 5.73 Å². The fourth-order valence-corrected chi connectivity index (χ4v) is 2.61. The number of hydrogen-bond acceptors (Lipinski definition) is 9. The van der Waals surface area contributed by atoms with Crippen LogP contribution in [-0.4, -0.2) is 86.5 Å². The van der Waals surface area contributed by atoms with Gasteiger partial charge in [0, 0.05) is 20.0 Å². The van der Waals surface area contributed by atoms with Crippen LogP contribution >= 0.6 is 0 Å².